The highest BCUT2D eigenvalue weighted by Gasteiger charge is 2.42. The first-order valence-electron chi connectivity index (χ1n) is 11.1. The summed E-state index contributed by atoms with van der Waals surface area (Å²) < 4.78 is 24.1. The zero-order valence-corrected chi connectivity index (χ0v) is 18.3. The van der Waals surface area contributed by atoms with Gasteiger partial charge in [0.2, 0.25) is 0 Å². The quantitative estimate of drug-likeness (QED) is 0.589. The number of benzene rings is 2. The molecule has 0 radical (unpaired) electrons. The number of fused-ring (bicyclic) bond motifs is 1. The molecule has 0 saturated carbocycles. The maximum Gasteiger partial charge on any atom is 0.325 e. The van der Waals surface area contributed by atoms with E-state index in [9.17, 15) is 9.18 Å². The van der Waals surface area contributed by atoms with Crippen LogP contribution in [0.15, 0.2) is 47.0 Å². The predicted molar refractivity (Wildman–Crippen MR) is 119 cm³/mol. The van der Waals surface area contributed by atoms with E-state index in [2.05, 4.69) is 10.1 Å². The highest BCUT2D eigenvalue weighted by atomic mass is 19.1. The number of nitrogens with zero attached hydrogens (tertiary/aromatic N) is 4. The van der Waals surface area contributed by atoms with Crippen molar-refractivity contribution in [3.63, 3.8) is 0 Å². The molecular formula is C24H27FN4O3. The number of ether oxygens (including phenoxy) is 1. The standard InChI is InChI=1S/C24H27FN4O3/c1-3-27-15-22(29(24(27)30)18-5-7-19(31-2)8-6-18)28-12-10-16(11-13-28)23-20-9-4-17(25)14-21(20)32-26-23/h4-9,14,16,22H,3,10-13,15H2,1-2H3. The number of anilines is 1. The topological polar surface area (TPSA) is 62.1 Å². The second-order valence-electron chi connectivity index (χ2n) is 8.39. The molecule has 1 aromatic heterocycles. The first kappa shape index (κ1) is 20.8. The SMILES string of the molecule is CCN1CC(N2CCC(c3noc4cc(F)ccc34)CC2)N(c2ccc(OC)cc2)C1=O. The van der Waals surface area contributed by atoms with Gasteiger partial charge in [0, 0.05) is 42.7 Å². The van der Waals surface area contributed by atoms with Crippen LogP contribution in [0.25, 0.3) is 11.0 Å². The lowest BCUT2D eigenvalue weighted by Gasteiger charge is -2.38. The minimum atomic E-state index is -0.319. The average molecular weight is 439 g/mol. The molecule has 0 spiro atoms. The second-order valence-corrected chi connectivity index (χ2v) is 8.39. The fraction of sp³-hybridized carbons (Fsp3) is 0.417. The molecule has 168 valence electrons. The molecule has 2 aliphatic rings. The van der Waals surface area contributed by atoms with E-state index in [1.807, 2.05) is 41.0 Å². The van der Waals surface area contributed by atoms with E-state index in [1.54, 1.807) is 13.2 Å². The number of hydrogen-bond acceptors (Lipinski definition) is 5. The Hall–Kier alpha value is -3.13. The van der Waals surface area contributed by atoms with Gasteiger partial charge in [-0.1, -0.05) is 5.16 Å². The number of halogens is 1. The lowest BCUT2D eigenvalue weighted by atomic mass is 9.91. The van der Waals surface area contributed by atoms with Crippen molar-refractivity contribution in [3.8, 4) is 5.75 Å². The number of amides is 2. The molecule has 8 heteroatoms. The summed E-state index contributed by atoms with van der Waals surface area (Å²) in [5.74, 6) is 0.705. The number of urea groups is 1. The van der Waals surface area contributed by atoms with E-state index in [0.717, 1.165) is 48.4 Å². The summed E-state index contributed by atoms with van der Waals surface area (Å²) in [6.45, 7) is 5.07. The van der Waals surface area contributed by atoms with Gasteiger partial charge in [0.05, 0.1) is 19.3 Å². The van der Waals surface area contributed by atoms with Crippen molar-refractivity contribution in [3.05, 3.63) is 54.0 Å². The summed E-state index contributed by atoms with van der Waals surface area (Å²) in [4.78, 5) is 19.3. The summed E-state index contributed by atoms with van der Waals surface area (Å²) >= 11 is 0. The fourth-order valence-electron chi connectivity index (χ4n) is 4.90. The first-order chi connectivity index (χ1) is 15.6. The molecule has 2 saturated heterocycles. The Bertz CT molecular complexity index is 1110. The number of likely N-dealkylation sites (N-methyl/N-ethyl adjacent to an activating group) is 1. The van der Waals surface area contributed by atoms with Gasteiger partial charge in [-0.3, -0.25) is 9.80 Å². The molecular weight excluding hydrogens is 411 g/mol. The Labute approximate surface area is 186 Å². The van der Waals surface area contributed by atoms with Gasteiger partial charge >= 0.3 is 6.03 Å². The number of aromatic nitrogens is 1. The Morgan fingerprint density at radius 3 is 2.59 bits per heavy atom. The lowest BCUT2D eigenvalue weighted by molar-refractivity contribution is 0.151. The number of rotatable bonds is 5. The third-order valence-corrected chi connectivity index (χ3v) is 6.69. The van der Waals surface area contributed by atoms with Gasteiger partial charge in [-0.05, 0) is 56.2 Å². The molecule has 3 heterocycles. The molecule has 32 heavy (non-hydrogen) atoms. The molecule has 1 unspecified atom stereocenters. The van der Waals surface area contributed by atoms with Gasteiger partial charge in [-0.2, -0.15) is 0 Å². The number of methoxy groups -OCH3 is 1. The van der Waals surface area contributed by atoms with Gasteiger partial charge in [0.15, 0.2) is 5.58 Å². The van der Waals surface area contributed by atoms with Crippen LogP contribution < -0.4 is 9.64 Å². The van der Waals surface area contributed by atoms with Crippen molar-refractivity contribution < 1.29 is 18.4 Å². The molecule has 2 fully saturated rings. The van der Waals surface area contributed by atoms with Gasteiger partial charge in [0.1, 0.15) is 17.7 Å². The third kappa shape index (κ3) is 3.58. The van der Waals surface area contributed by atoms with Crippen LogP contribution >= 0.6 is 0 Å². The van der Waals surface area contributed by atoms with Gasteiger partial charge < -0.3 is 14.2 Å². The number of likely N-dealkylation sites (tertiary alicyclic amines) is 1. The maximum absolute atomic E-state index is 13.5. The fourth-order valence-corrected chi connectivity index (χ4v) is 4.90. The highest BCUT2D eigenvalue weighted by molar-refractivity contribution is 5.95. The molecule has 0 N–H and O–H groups in total. The van der Waals surface area contributed by atoms with Crippen molar-refractivity contribution in [1.82, 2.24) is 15.0 Å². The second kappa shape index (κ2) is 8.43. The smallest absolute Gasteiger partial charge is 0.325 e. The van der Waals surface area contributed by atoms with E-state index in [0.29, 0.717) is 18.7 Å². The van der Waals surface area contributed by atoms with Crippen LogP contribution in [-0.2, 0) is 0 Å². The Balaban J connectivity index is 1.34. The molecule has 0 bridgehead atoms. The zero-order valence-electron chi connectivity index (χ0n) is 18.3. The lowest BCUT2D eigenvalue weighted by Crippen LogP contribution is -2.50. The van der Waals surface area contributed by atoms with Crippen LogP contribution in [0.1, 0.15) is 31.4 Å². The maximum atomic E-state index is 13.5. The Morgan fingerprint density at radius 2 is 1.91 bits per heavy atom. The summed E-state index contributed by atoms with van der Waals surface area (Å²) in [6.07, 6.45) is 1.80. The minimum Gasteiger partial charge on any atom is -0.497 e. The number of carbonyl (C=O) groups excluding carboxylic acids is 1. The van der Waals surface area contributed by atoms with Crippen LogP contribution in [0.2, 0.25) is 0 Å². The van der Waals surface area contributed by atoms with E-state index >= 15 is 0 Å². The van der Waals surface area contributed by atoms with Gasteiger partial charge in [-0.25, -0.2) is 9.18 Å². The molecule has 2 aromatic carbocycles. The normalized spacial score (nSPS) is 20.5. The Kier molecular flexibility index (Phi) is 5.46. The van der Waals surface area contributed by atoms with E-state index in [1.165, 1.54) is 12.1 Å². The van der Waals surface area contributed by atoms with Crippen molar-refractivity contribution in [1.29, 1.82) is 0 Å². The van der Waals surface area contributed by atoms with Crippen LogP contribution in [-0.4, -0.2) is 60.4 Å². The average Bonchev–Trinajstić information content (AvgIpc) is 3.39. The zero-order chi connectivity index (χ0) is 22.2. The van der Waals surface area contributed by atoms with Crippen LogP contribution in [0, 0.1) is 5.82 Å². The number of hydrogen-bond donors (Lipinski definition) is 0. The summed E-state index contributed by atoms with van der Waals surface area (Å²) in [6, 6.07) is 12.3. The van der Waals surface area contributed by atoms with E-state index < -0.39 is 0 Å². The number of carbonyl (C=O) groups is 1. The summed E-state index contributed by atoms with van der Waals surface area (Å²) in [5.41, 5.74) is 2.28. The highest BCUT2D eigenvalue weighted by Crippen LogP contribution is 2.35. The predicted octanol–water partition coefficient (Wildman–Crippen LogP) is 4.44. The van der Waals surface area contributed by atoms with Crippen LogP contribution in [0.5, 0.6) is 5.75 Å². The van der Waals surface area contributed by atoms with Gasteiger partial charge in [-0.15, -0.1) is 0 Å². The van der Waals surface area contributed by atoms with E-state index in [4.69, 9.17) is 9.26 Å². The van der Waals surface area contributed by atoms with Crippen molar-refractivity contribution in [2.24, 2.45) is 0 Å². The molecule has 2 aliphatic heterocycles. The molecule has 3 aromatic rings. The van der Waals surface area contributed by atoms with Crippen molar-refractivity contribution in [2.45, 2.75) is 31.8 Å². The first-order valence-corrected chi connectivity index (χ1v) is 11.1. The third-order valence-electron chi connectivity index (χ3n) is 6.69. The van der Waals surface area contributed by atoms with Crippen molar-refractivity contribution >= 4 is 22.7 Å². The number of piperidine rings is 1. The molecule has 1 atom stereocenters. The summed E-state index contributed by atoms with van der Waals surface area (Å²) in [7, 11) is 1.64. The molecule has 0 aliphatic carbocycles. The van der Waals surface area contributed by atoms with Crippen molar-refractivity contribution in [2.75, 3.05) is 38.2 Å². The molecule has 7 nitrogen and oxygen atoms in total. The van der Waals surface area contributed by atoms with Crippen LogP contribution in [0.4, 0.5) is 14.9 Å². The molecule has 2 amide bonds. The monoisotopic (exact) mass is 438 g/mol. The van der Waals surface area contributed by atoms with Gasteiger partial charge in [0.25, 0.3) is 0 Å². The largest absolute Gasteiger partial charge is 0.497 e. The summed E-state index contributed by atoms with van der Waals surface area (Å²) in [5, 5.41) is 5.14. The minimum absolute atomic E-state index is 0.0139. The molecule has 5 rings (SSSR count). The van der Waals surface area contributed by atoms with Crippen LogP contribution in [0.3, 0.4) is 0 Å². The Morgan fingerprint density at radius 1 is 1.16 bits per heavy atom. The van der Waals surface area contributed by atoms with E-state index in [-0.39, 0.29) is 23.9 Å².